The number of piperazine rings is 1. The molecule has 1 aromatic rings. The quantitative estimate of drug-likeness (QED) is 0.866. The second-order valence-corrected chi connectivity index (χ2v) is 5.88. The van der Waals surface area contributed by atoms with Gasteiger partial charge in [0, 0.05) is 44.7 Å². The summed E-state index contributed by atoms with van der Waals surface area (Å²) in [6, 6.07) is 1.83. The maximum absolute atomic E-state index is 11.8. The van der Waals surface area contributed by atoms with Crippen LogP contribution in [0.4, 0.5) is 10.6 Å². The standard InChI is InChI=1S/C14H20ClN5O/c1-2-16-14(21)20-7-5-19(6-8-20)12-9-11(15)17-13(18-12)10-3-4-10/h9-10H,2-8H2,1H3,(H,16,21). The molecule has 1 saturated carbocycles. The van der Waals surface area contributed by atoms with Crippen molar-refractivity contribution in [2.75, 3.05) is 37.6 Å². The summed E-state index contributed by atoms with van der Waals surface area (Å²) in [7, 11) is 0. The van der Waals surface area contributed by atoms with Crippen LogP contribution in [0.1, 0.15) is 31.5 Å². The zero-order chi connectivity index (χ0) is 14.8. The first-order valence-electron chi connectivity index (χ1n) is 7.49. The summed E-state index contributed by atoms with van der Waals surface area (Å²) >= 11 is 6.11. The molecule has 21 heavy (non-hydrogen) atoms. The molecule has 1 saturated heterocycles. The third-order valence-corrected chi connectivity index (χ3v) is 4.05. The SMILES string of the molecule is CCNC(=O)N1CCN(c2cc(Cl)nc(C3CC3)n2)CC1. The first-order chi connectivity index (χ1) is 10.2. The van der Waals surface area contributed by atoms with Gasteiger partial charge in [-0.2, -0.15) is 0 Å². The zero-order valence-corrected chi connectivity index (χ0v) is 12.9. The van der Waals surface area contributed by atoms with Gasteiger partial charge in [-0.1, -0.05) is 11.6 Å². The molecule has 114 valence electrons. The number of amides is 2. The van der Waals surface area contributed by atoms with Crippen molar-refractivity contribution in [3.05, 3.63) is 17.0 Å². The fourth-order valence-electron chi connectivity index (χ4n) is 2.51. The summed E-state index contributed by atoms with van der Waals surface area (Å²) in [6.45, 7) is 5.53. The highest BCUT2D eigenvalue weighted by atomic mass is 35.5. The van der Waals surface area contributed by atoms with Crippen molar-refractivity contribution in [3.63, 3.8) is 0 Å². The van der Waals surface area contributed by atoms with Crippen LogP contribution in [0.5, 0.6) is 0 Å². The highest BCUT2D eigenvalue weighted by Gasteiger charge is 2.28. The van der Waals surface area contributed by atoms with E-state index in [4.69, 9.17) is 11.6 Å². The second kappa shape index (κ2) is 6.05. The van der Waals surface area contributed by atoms with Crippen LogP contribution in [0, 0.1) is 0 Å². The number of aromatic nitrogens is 2. The minimum absolute atomic E-state index is 0.0107. The van der Waals surface area contributed by atoms with Crippen LogP contribution >= 0.6 is 11.6 Å². The minimum atomic E-state index is 0.0107. The van der Waals surface area contributed by atoms with E-state index in [9.17, 15) is 4.79 Å². The van der Waals surface area contributed by atoms with Gasteiger partial charge in [0.25, 0.3) is 0 Å². The number of hydrogen-bond acceptors (Lipinski definition) is 4. The lowest BCUT2D eigenvalue weighted by molar-refractivity contribution is 0.195. The molecule has 2 heterocycles. The number of nitrogens with zero attached hydrogens (tertiary/aromatic N) is 4. The van der Waals surface area contributed by atoms with Crippen LogP contribution in [0.3, 0.4) is 0 Å². The molecule has 1 aliphatic carbocycles. The molecule has 0 spiro atoms. The fraction of sp³-hybridized carbons (Fsp3) is 0.643. The Kier molecular flexibility index (Phi) is 4.14. The van der Waals surface area contributed by atoms with Gasteiger partial charge in [0.05, 0.1) is 0 Å². The summed E-state index contributed by atoms with van der Waals surface area (Å²) in [5, 5.41) is 3.34. The molecular formula is C14H20ClN5O. The first-order valence-corrected chi connectivity index (χ1v) is 7.87. The number of halogens is 1. The van der Waals surface area contributed by atoms with Crippen molar-refractivity contribution < 1.29 is 4.79 Å². The fourth-order valence-corrected chi connectivity index (χ4v) is 2.69. The summed E-state index contributed by atoms with van der Waals surface area (Å²) < 4.78 is 0. The molecule has 2 fully saturated rings. The molecule has 0 bridgehead atoms. The van der Waals surface area contributed by atoms with Crippen LogP contribution in [-0.2, 0) is 0 Å². The Morgan fingerprint density at radius 2 is 2.05 bits per heavy atom. The topological polar surface area (TPSA) is 61.4 Å². The van der Waals surface area contributed by atoms with Crippen LogP contribution in [0.15, 0.2) is 6.07 Å². The lowest BCUT2D eigenvalue weighted by Crippen LogP contribution is -2.52. The number of hydrogen-bond donors (Lipinski definition) is 1. The predicted molar refractivity (Wildman–Crippen MR) is 81.9 cm³/mol. The smallest absolute Gasteiger partial charge is 0.317 e. The summed E-state index contributed by atoms with van der Waals surface area (Å²) in [5.74, 6) is 2.23. The van der Waals surface area contributed by atoms with Crippen molar-refractivity contribution in [1.82, 2.24) is 20.2 Å². The maximum Gasteiger partial charge on any atom is 0.317 e. The number of anilines is 1. The first kappa shape index (κ1) is 14.4. The monoisotopic (exact) mass is 309 g/mol. The van der Waals surface area contributed by atoms with Crippen molar-refractivity contribution >= 4 is 23.4 Å². The van der Waals surface area contributed by atoms with E-state index in [0.29, 0.717) is 30.7 Å². The van der Waals surface area contributed by atoms with Gasteiger partial charge in [-0.25, -0.2) is 14.8 Å². The molecule has 1 aliphatic heterocycles. The average molecular weight is 310 g/mol. The third-order valence-electron chi connectivity index (χ3n) is 3.86. The van der Waals surface area contributed by atoms with Gasteiger partial charge in [-0.05, 0) is 19.8 Å². The minimum Gasteiger partial charge on any atom is -0.353 e. The van der Waals surface area contributed by atoms with Gasteiger partial charge in [0.2, 0.25) is 0 Å². The molecule has 1 N–H and O–H groups in total. The largest absolute Gasteiger partial charge is 0.353 e. The van der Waals surface area contributed by atoms with Gasteiger partial charge >= 0.3 is 6.03 Å². The number of carbonyl (C=O) groups is 1. The Morgan fingerprint density at radius 1 is 1.33 bits per heavy atom. The molecule has 2 aliphatic rings. The van der Waals surface area contributed by atoms with E-state index < -0.39 is 0 Å². The van der Waals surface area contributed by atoms with Gasteiger partial charge in [0.15, 0.2) is 0 Å². The van der Waals surface area contributed by atoms with Gasteiger partial charge in [0.1, 0.15) is 16.8 Å². The van der Waals surface area contributed by atoms with Crippen molar-refractivity contribution in [3.8, 4) is 0 Å². The Labute approximate surface area is 129 Å². The number of nitrogens with one attached hydrogen (secondary N) is 1. The number of urea groups is 1. The second-order valence-electron chi connectivity index (χ2n) is 5.49. The highest BCUT2D eigenvalue weighted by Crippen LogP contribution is 2.39. The van der Waals surface area contributed by atoms with Crippen molar-refractivity contribution in [2.45, 2.75) is 25.7 Å². The van der Waals surface area contributed by atoms with E-state index in [2.05, 4.69) is 20.2 Å². The molecule has 7 heteroatoms. The van der Waals surface area contributed by atoms with Gasteiger partial charge < -0.3 is 15.1 Å². The summed E-state index contributed by atoms with van der Waals surface area (Å²) in [5.41, 5.74) is 0. The molecule has 2 amide bonds. The molecule has 0 radical (unpaired) electrons. The van der Waals surface area contributed by atoms with Crippen LogP contribution in [0.2, 0.25) is 5.15 Å². The lowest BCUT2D eigenvalue weighted by atomic mass is 10.3. The molecule has 6 nitrogen and oxygen atoms in total. The Morgan fingerprint density at radius 3 is 2.67 bits per heavy atom. The lowest BCUT2D eigenvalue weighted by Gasteiger charge is -2.35. The van der Waals surface area contributed by atoms with E-state index in [1.54, 1.807) is 0 Å². The van der Waals surface area contributed by atoms with E-state index in [1.165, 1.54) is 0 Å². The molecule has 0 atom stereocenters. The highest BCUT2D eigenvalue weighted by molar-refractivity contribution is 6.29. The van der Waals surface area contributed by atoms with Crippen LogP contribution in [-0.4, -0.2) is 53.6 Å². The molecule has 3 rings (SSSR count). The van der Waals surface area contributed by atoms with Gasteiger partial charge in [-0.3, -0.25) is 0 Å². The molecule has 0 aromatic carbocycles. The third kappa shape index (κ3) is 3.37. The summed E-state index contributed by atoms with van der Waals surface area (Å²) in [6.07, 6.45) is 2.31. The average Bonchev–Trinajstić information content (AvgIpc) is 3.32. The number of rotatable bonds is 3. The van der Waals surface area contributed by atoms with E-state index in [1.807, 2.05) is 17.9 Å². The van der Waals surface area contributed by atoms with E-state index in [0.717, 1.165) is 37.6 Å². The molecular weight excluding hydrogens is 290 g/mol. The zero-order valence-electron chi connectivity index (χ0n) is 12.2. The Hall–Kier alpha value is -1.56. The van der Waals surface area contributed by atoms with Crippen LogP contribution in [0.25, 0.3) is 0 Å². The normalized spacial score (nSPS) is 18.8. The van der Waals surface area contributed by atoms with Crippen molar-refractivity contribution in [2.24, 2.45) is 0 Å². The molecule has 0 unspecified atom stereocenters. The van der Waals surface area contributed by atoms with Crippen molar-refractivity contribution in [1.29, 1.82) is 0 Å². The Balaban J connectivity index is 1.65. The number of carbonyl (C=O) groups excluding carboxylic acids is 1. The van der Waals surface area contributed by atoms with Crippen LogP contribution < -0.4 is 10.2 Å². The maximum atomic E-state index is 11.8. The van der Waals surface area contributed by atoms with E-state index in [-0.39, 0.29) is 6.03 Å². The van der Waals surface area contributed by atoms with Gasteiger partial charge in [-0.15, -0.1) is 0 Å². The Bertz CT molecular complexity index is 526. The van der Waals surface area contributed by atoms with E-state index >= 15 is 0 Å². The summed E-state index contributed by atoms with van der Waals surface area (Å²) in [4.78, 5) is 24.8. The molecule has 1 aromatic heterocycles. The predicted octanol–water partition coefficient (Wildman–Crippen LogP) is 1.86.